The average Bonchev–Trinajstić information content (AvgIpc) is 2.58. The molecule has 1 atom stereocenters. The average molecular weight is 325 g/mol. The highest BCUT2D eigenvalue weighted by Crippen LogP contribution is 2.24. The predicted molar refractivity (Wildman–Crippen MR) is 98.3 cm³/mol. The van der Waals surface area contributed by atoms with Gasteiger partial charge < -0.3 is 10.1 Å². The molecule has 0 fully saturated rings. The van der Waals surface area contributed by atoms with Crippen LogP contribution < -0.4 is 10.1 Å². The summed E-state index contributed by atoms with van der Waals surface area (Å²) in [5.74, 6) is 0.608. The molecular formula is C21H27NO2. The Balaban J connectivity index is 1.88. The largest absolute Gasteiger partial charge is 0.484 e. The highest BCUT2D eigenvalue weighted by molar-refractivity contribution is 5.78. The number of nitrogens with one attached hydrogen (secondary N) is 1. The van der Waals surface area contributed by atoms with Gasteiger partial charge in [0.05, 0.1) is 6.04 Å². The minimum absolute atomic E-state index is 0.0190. The van der Waals surface area contributed by atoms with Crippen molar-refractivity contribution >= 4 is 5.91 Å². The van der Waals surface area contributed by atoms with Crippen LogP contribution in [0.5, 0.6) is 5.75 Å². The summed E-state index contributed by atoms with van der Waals surface area (Å²) in [5, 5.41) is 3.02. The number of rotatable bonds is 6. The second kappa shape index (κ2) is 8.00. The Kier molecular flexibility index (Phi) is 6.02. The Morgan fingerprint density at radius 3 is 2.21 bits per heavy atom. The first-order chi connectivity index (χ1) is 11.4. The van der Waals surface area contributed by atoms with Crippen molar-refractivity contribution in [1.29, 1.82) is 0 Å². The molecule has 0 heterocycles. The summed E-state index contributed by atoms with van der Waals surface area (Å²) < 4.78 is 5.60. The van der Waals surface area contributed by atoms with Crippen molar-refractivity contribution in [2.24, 2.45) is 0 Å². The van der Waals surface area contributed by atoms with Crippen LogP contribution in [-0.4, -0.2) is 12.5 Å². The van der Waals surface area contributed by atoms with E-state index in [1.807, 2.05) is 54.6 Å². The molecule has 0 radical (unpaired) electrons. The molecule has 0 bridgehead atoms. The molecular weight excluding hydrogens is 298 g/mol. The van der Waals surface area contributed by atoms with Crippen molar-refractivity contribution in [2.75, 3.05) is 6.61 Å². The summed E-state index contributed by atoms with van der Waals surface area (Å²) in [6, 6.07) is 18.0. The van der Waals surface area contributed by atoms with E-state index in [2.05, 4.69) is 33.0 Å². The van der Waals surface area contributed by atoms with Gasteiger partial charge in [0.15, 0.2) is 6.61 Å². The Bertz CT molecular complexity index is 642. The molecule has 0 aliphatic rings. The minimum atomic E-state index is -0.106. The van der Waals surface area contributed by atoms with Gasteiger partial charge in [0.1, 0.15) is 5.75 Å². The zero-order valence-electron chi connectivity index (χ0n) is 15.0. The highest BCUT2D eigenvalue weighted by Gasteiger charge is 2.14. The third kappa shape index (κ3) is 5.12. The van der Waals surface area contributed by atoms with Crippen LogP contribution >= 0.6 is 0 Å². The Hall–Kier alpha value is -2.29. The van der Waals surface area contributed by atoms with Gasteiger partial charge in [-0.25, -0.2) is 0 Å². The van der Waals surface area contributed by atoms with Crippen LogP contribution in [0.15, 0.2) is 54.6 Å². The van der Waals surface area contributed by atoms with Gasteiger partial charge in [0.25, 0.3) is 5.91 Å². The molecule has 1 N–H and O–H groups in total. The smallest absolute Gasteiger partial charge is 0.258 e. The molecule has 2 rings (SSSR count). The first-order valence-electron chi connectivity index (χ1n) is 8.48. The van der Waals surface area contributed by atoms with E-state index >= 15 is 0 Å². The summed E-state index contributed by atoms with van der Waals surface area (Å²) >= 11 is 0. The van der Waals surface area contributed by atoms with Crippen molar-refractivity contribution < 1.29 is 9.53 Å². The second-order valence-electron chi connectivity index (χ2n) is 7.00. The van der Waals surface area contributed by atoms with Gasteiger partial charge in [-0.3, -0.25) is 4.79 Å². The highest BCUT2D eigenvalue weighted by atomic mass is 16.5. The number of hydrogen-bond acceptors (Lipinski definition) is 2. The van der Waals surface area contributed by atoms with Gasteiger partial charge in [0.2, 0.25) is 0 Å². The van der Waals surface area contributed by atoms with Crippen molar-refractivity contribution in [2.45, 2.75) is 45.6 Å². The number of ether oxygens (including phenoxy) is 1. The Morgan fingerprint density at radius 2 is 1.67 bits per heavy atom. The molecule has 3 heteroatoms. The molecule has 0 aliphatic carbocycles. The lowest BCUT2D eigenvalue weighted by atomic mass is 9.87. The van der Waals surface area contributed by atoms with Gasteiger partial charge in [-0.2, -0.15) is 0 Å². The standard InChI is InChI=1S/C21H27NO2/c1-5-19(16-9-7-6-8-10-16)22-20(23)15-24-18-13-11-17(12-14-18)21(2,3)4/h6-14,19H,5,15H2,1-4H3,(H,22,23)/t19-/m1/s1. The van der Waals surface area contributed by atoms with E-state index in [0.717, 1.165) is 12.0 Å². The lowest BCUT2D eigenvalue weighted by Crippen LogP contribution is -2.32. The van der Waals surface area contributed by atoms with Crippen LogP contribution in [0.4, 0.5) is 0 Å². The summed E-state index contributed by atoms with van der Waals surface area (Å²) in [6.07, 6.45) is 0.843. The topological polar surface area (TPSA) is 38.3 Å². The van der Waals surface area contributed by atoms with E-state index in [-0.39, 0.29) is 24.0 Å². The number of hydrogen-bond donors (Lipinski definition) is 1. The van der Waals surface area contributed by atoms with E-state index in [9.17, 15) is 4.79 Å². The lowest BCUT2D eigenvalue weighted by Gasteiger charge is -2.19. The molecule has 0 spiro atoms. The molecule has 2 aromatic rings. The summed E-state index contributed by atoms with van der Waals surface area (Å²) in [6.45, 7) is 8.60. The van der Waals surface area contributed by atoms with Crippen molar-refractivity contribution in [1.82, 2.24) is 5.32 Å². The van der Waals surface area contributed by atoms with Gasteiger partial charge in [-0.05, 0) is 35.1 Å². The summed E-state index contributed by atoms with van der Waals surface area (Å²) in [5.41, 5.74) is 2.47. The van der Waals surface area contributed by atoms with E-state index in [0.29, 0.717) is 5.75 Å². The van der Waals surface area contributed by atoms with Gasteiger partial charge in [-0.1, -0.05) is 70.2 Å². The van der Waals surface area contributed by atoms with E-state index < -0.39 is 0 Å². The van der Waals surface area contributed by atoms with Gasteiger partial charge >= 0.3 is 0 Å². The van der Waals surface area contributed by atoms with Crippen molar-refractivity contribution in [3.8, 4) is 5.75 Å². The van der Waals surface area contributed by atoms with Crippen molar-refractivity contribution in [3.63, 3.8) is 0 Å². The van der Waals surface area contributed by atoms with Crippen LogP contribution in [0.1, 0.15) is 51.3 Å². The summed E-state index contributed by atoms with van der Waals surface area (Å²) in [7, 11) is 0. The number of carbonyl (C=O) groups excluding carboxylic acids is 1. The quantitative estimate of drug-likeness (QED) is 0.841. The summed E-state index contributed by atoms with van der Waals surface area (Å²) in [4.78, 5) is 12.1. The molecule has 128 valence electrons. The van der Waals surface area contributed by atoms with Crippen LogP contribution in [0.25, 0.3) is 0 Å². The Morgan fingerprint density at radius 1 is 1.04 bits per heavy atom. The zero-order valence-corrected chi connectivity index (χ0v) is 15.0. The predicted octanol–water partition coefficient (Wildman–Crippen LogP) is 4.63. The first kappa shape index (κ1) is 18.1. The fraction of sp³-hybridized carbons (Fsp3) is 0.381. The normalized spacial score (nSPS) is 12.5. The molecule has 24 heavy (non-hydrogen) atoms. The molecule has 0 unspecified atom stereocenters. The van der Waals surface area contributed by atoms with Crippen LogP contribution in [0, 0.1) is 0 Å². The van der Waals surface area contributed by atoms with Gasteiger partial charge in [-0.15, -0.1) is 0 Å². The maximum Gasteiger partial charge on any atom is 0.258 e. The van der Waals surface area contributed by atoms with Crippen molar-refractivity contribution in [3.05, 3.63) is 65.7 Å². The number of benzene rings is 2. The molecule has 0 saturated carbocycles. The maximum absolute atomic E-state index is 12.1. The molecule has 3 nitrogen and oxygen atoms in total. The molecule has 1 amide bonds. The second-order valence-corrected chi connectivity index (χ2v) is 7.00. The molecule has 2 aromatic carbocycles. The third-order valence-corrected chi connectivity index (χ3v) is 4.04. The minimum Gasteiger partial charge on any atom is -0.484 e. The maximum atomic E-state index is 12.1. The number of amides is 1. The zero-order chi connectivity index (χ0) is 17.6. The van der Waals surface area contributed by atoms with Crippen LogP contribution in [0.2, 0.25) is 0 Å². The molecule has 0 saturated heterocycles. The van der Waals surface area contributed by atoms with E-state index in [4.69, 9.17) is 4.74 Å². The van der Waals surface area contributed by atoms with E-state index in [1.54, 1.807) is 0 Å². The lowest BCUT2D eigenvalue weighted by molar-refractivity contribution is -0.123. The van der Waals surface area contributed by atoms with Crippen LogP contribution in [0.3, 0.4) is 0 Å². The molecule has 0 aromatic heterocycles. The monoisotopic (exact) mass is 325 g/mol. The Labute approximate surface area is 145 Å². The first-order valence-corrected chi connectivity index (χ1v) is 8.48. The third-order valence-electron chi connectivity index (χ3n) is 4.04. The SMILES string of the molecule is CC[C@@H](NC(=O)COc1ccc(C(C)(C)C)cc1)c1ccccc1. The van der Waals surface area contributed by atoms with Gasteiger partial charge in [0, 0.05) is 0 Å². The van der Waals surface area contributed by atoms with Crippen LogP contribution in [-0.2, 0) is 10.2 Å². The number of carbonyl (C=O) groups is 1. The molecule has 0 aliphatic heterocycles. The fourth-order valence-corrected chi connectivity index (χ4v) is 2.54. The fourth-order valence-electron chi connectivity index (χ4n) is 2.54. The van der Waals surface area contributed by atoms with E-state index in [1.165, 1.54) is 5.56 Å².